The van der Waals surface area contributed by atoms with E-state index in [4.69, 9.17) is 14.2 Å². The first-order valence-corrected chi connectivity index (χ1v) is 20.8. The summed E-state index contributed by atoms with van der Waals surface area (Å²) in [6, 6.07) is 5.31. The predicted molar refractivity (Wildman–Crippen MR) is 208 cm³/mol. The number of amides is 2. The molecule has 1 aromatic carbocycles. The van der Waals surface area contributed by atoms with E-state index >= 15 is 0 Å². The summed E-state index contributed by atoms with van der Waals surface area (Å²) in [5, 5.41) is 31.8. The maximum absolute atomic E-state index is 14.9. The van der Waals surface area contributed by atoms with Crippen molar-refractivity contribution in [2.75, 3.05) is 26.8 Å². The zero-order chi connectivity index (χ0) is 40.7. The summed E-state index contributed by atoms with van der Waals surface area (Å²) in [7, 11) is -2.48. The van der Waals surface area contributed by atoms with Gasteiger partial charge in [-0.2, -0.15) is 0 Å². The molecule has 5 N–H and O–H groups in total. The Morgan fingerprint density at radius 2 is 1.86 bits per heavy atom. The number of rotatable bonds is 12. The Labute approximate surface area is 328 Å². The third-order valence-electron chi connectivity index (χ3n) is 11.7. The number of aliphatic hydroxyl groups excluding tert-OH is 2. The standard InChI is InChI=1S/C39H56N6O10S/c1-24-11-9-10-14-38(44-50)21-39(38,22-41-56(51,52)37(23-46)15-16-37)43-32(47)29-18-26(54-33-28-13-8-7-12-27(28)30(53-6)19-40-33)20-45(29)34(48)31(25(2)17-24)42-35(49)55-36(3,4)5/h7-8,10,12-14,19,24-26,29,31,35,41-42,46,49H,9,11,15-18,20-23H2,1-6H3,(H,43,47)/b14-10-/t24-,25-,26-,29?,31+,35?,38+,39+/m1/s1. The van der Waals surface area contributed by atoms with Crippen molar-refractivity contribution in [3.63, 3.8) is 0 Å². The lowest BCUT2D eigenvalue weighted by atomic mass is 9.88. The van der Waals surface area contributed by atoms with Crippen LogP contribution < -0.4 is 24.8 Å². The minimum absolute atomic E-state index is 0.0226. The van der Waals surface area contributed by atoms with E-state index in [1.165, 1.54) is 4.90 Å². The summed E-state index contributed by atoms with van der Waals surface area (Å²) < 4.78 is 45.7. The molecule has 4 aliphatic rings. The number of aromatic nitrogens is 1. The molecule has 56 heavy (non-hydrogen) atoms. The summed E-state index contributed by atoms with van der Waals surface area (Å²) >= 11 is 0. The summed E-state index contributed by atoms with van der Waals surface area (Å²) in [6.07, 6.45) is 5.30. The van der Waals surface area contributed by atoms with Gasteiger partial charge in [0.05, 0.1) is 43.6 Å². The number of benzene rings is 1. The Kier molecular flexibility index (Phi) is 11.9. The number of carbonyl (C=O) groups excluding carboxylic acids is 2. The van der Waals surface area contributed by atoms with Crippen LogP contribution in [0.5, 0.6) is 11.6 Å². The summed E-state index contributed by atoms with van der Waals surface area (Å²) in [6.45, 7) is 8.39. The number of nitroso groups, excluding NO2 is 1. The van der Waals surface area contributed by atoms with Crippen LogP contribution in [-0.4, -0.2) is 113 Å². The Morgan fingerprint density at radius 1 is 1.14 bits per heavy atom. The smallest absolute Gasteiger partial charge is 0.243 e. The molecular weight excluding hydrogens is 745 g/mol. The van der Waals surface area contributed by atoms with Gasteiger partial charge in [-0.1, -0.05) is 49.4 Å². The maximum Gasteiger partial charge on any atom is 0.243 e. The number of nitrogens with one attached hydrogen (secondary N) is 3. The van der Waals surface area contributed by atoms with Gasteiger partial charge in [-0.25, -0.2) is 18.1 Å². The molecule has 17 heteroatoms. The van der Waals surface area contributed by atoms with Crippen LogP contribution in [0.2, 0.25) is 0 Å². The third kappa shape index (κ3) is 8.43. The highest BCUT2D eigenvalue weighted by Crippen LogP contribution is 2.53. The molecule has 0 spiro atoms. The number of fused-ring (bicyclic) bond motifs is 3. The van der Waals surface area contributed by atoms with Crippen molar-refractivity contribution in [3.8, 4) is 11.6 Å². The summed E-state index contributed by atoms with van der Waals surface area (Å²) in [5.74, 6) is -0.460. The molecule has 2 amide bonds. The Bertz CT molecular complexity index is 1940. The monoisotopic (exact) mass is 800 g/mol. The van der Waals surface area contributed by atoms with E-state index in [-0.39, 0.29) is 56.5 Å². The van der Waals surface area contributed by atoms with Crippen LogP contribution in [0.4, 0.5) is 0 Å². The SMILES string of the molecule is COc1cnc(O[C@@H]2CC3C(=O)N[C@]4(CNS(=O)(=O)C5(CO)CC5)C[C@@]4(N=O)/C=C\CC[C@@H](C)C[C@@H](C)[C@H](NC(O)OC(C)(C)C)C(=O)N3C2)c2ccccc12. The van der Waals surface area contributed by atoms with E-state index in [2.05, 4.69) is 32.4 Å². The van der Waals surface area contributed by atoms with Gasteiger partial charge in [-0.05, 0) is 70.8 Å². The van der Waals surface area contributed by atoms with Crippen molar-refractivity contribution in [1.82, 2.24) is 25.2 Å². The molecule has 16 nitrogen and oxygen atoms in total. The van der Waals surface area contributed by atoms with E-state index in [1.807, 2.05) is 37.3 Å². The van der Waals surface area contributed by atoms with Crippen molar-refractivity contribution in [1.29, 1.82) is 0 Å². The van der Waals surface area contributed by atoms with Gasteiger partial charge < -0.3 is 34.6 Å². The van der Waals surface area contributed by atoms with Crippen LogP contribution in [0.1, 0.15) is 79.6 Å². The molecule has 0 radical (unpaired) electrons. The predicted octanol–water partition coefficient (Wildman–Crippen LogP) is 2.86. The van der Waals surface area contributed by atoms with Gasteiger partial charge in [0.25, 0.3) is 0 Å². The van der Waals surface area contributed by atoms with E-state index in [9.17, 15) is 33.1 Å². The Hall–Kier alpha value is -3.74. The van der Waals surface area contributed by atoms with Gasteiger partial charge in [0, 0.05) is 30.2 Å². The van der Waals surface area contributed by atoms with E-state index in [1.54, 1.807) is 40.2 Å². The number of aliphatic hydroxyl groups is 2. The number of pyridine rings is 1. The number of hydrogen-bond donors (Lipinski definition) is 5. The second-order valence-corrected chi connectivity index (χ2v) is 19.3. The molecule has 2 saturated carbocycles. The number of methoxy groups -OCH3 is 1. The molecule has 1 aromatic heterocycles. The van der Waals surface area contributed by atoms with Crippen molar-refractivity contribution in [2.24, 2.45) is 17.0 Å². The third-order valence-corrected chi connectivity index (χ3v) is 13.9. The molecule has 8 atom stereocenters. The molecule has 1 saturated heterocycles. The molecule has 0 bridgehead atoms. The van der Waals surface area contributed by atoms with Gasteiger partial charge in [-0.3, -0.25) is 14.9 Å². The van der Waals surface area contributed by atoms with Gasteiger partial charge in [0.15, 0.2) is 0 Å². The molecule has 3 fully saturated rings. The van der Waals surface area contributed by atoms with Crippen LogP contribution in [0.15, 0.2) is 47.8 Å². The number of ether oxygens (including phenoxy) is 3. The molecule has 2 unspecified atom stereocenters. The van der Waals surface area contributed by atoms with Gasteiger partial charge >= 0.3 is 0 Å². The highest BCUT2D eigenvalue weighted by molar-refractivity contribution is 7.91. The fraction of sp³-hybridized carbons (Fsp3) is 0.667. The van der Waals surface area contributed by atoms with Crippen LogP contribution in [0.25, 0.3) is 10.8 Å². The summed E-state index contributed by atoms with van der Waals surface area (Å²) in [5.41, 5.74) is -3.64. The number of hydrogen-bond acceptors (Lipinski definition) is 13. The van der Waals surface area contributed by atoms with Crippen molar-refractivity contribution >= 4 is 32.6 Å². The molecule has 2 aliphatic heterocycles. The number of sulfonamides is 1. The van der Waals surface area contributed by atoms with Gasteiger partial charge in [0.2, 0.25) is 34.1 Å². The van der Waals surface area contributed by atoms with Crippen LogP contribution >= 0.6 is 0 Å². The fourth-order valence-corrected chi connectivity index (χ4v) is 9.75. The van der Waals surface area contributed by atoms with Crippen LogP contribution in [0.3, 0.4) is 0 Å². The zero-order valence-corrected chi connectivity index (χ0v) is 33.8. The van der Waals surface area contributed by atoms with Crippen molar-refractivity contribution < 1.29 is 42.4 Å². The lowest BCUT2D eigenvalue weighted by Gasteiger charge is -2.35. The van der Waals surface area contributed by atoms with Crippen LogP contribution in [0, 0.1) is 16.7 Å². The molecule has 2 aromatic rings. The first-order valence-electron chi connectivity index (χ1n) is 19.4. The Balaban J connectivity index is 1.37. The number of allylic oxidation sites excluding steroid dienone is 1. The minimum atomic E-state index is -4.03. The molecule has 2 aliphatic carbocycles. The molecule has 308 valence electrons. The largest absolute Gasteiger partial charge is 0.494 e. The number of carbonyl (C=O) groups is 2. The summed E-state index contributed by atoms with van der Waals surface area (Å²) in [4.78, 5) is 48.1. The second-order valence-electron chi connectivity index (χ2n) is 17.1. The molecule has 3 heterocycles. The quantitative estimate of drug-likeness (QED) is 0.119. The highest BCUT2D eigenvalue weighted by Gasteiger charge is 2.70. The highest BCUT2D eigenvalue weighted by atomic mass is 32.2. The normalized spacial score (nSPS) is 31.9. The zero-order valence-electron chi connectivity index (χ0n) is 33.0. The lowest BCUT2D eigenvalue weighted by Crippen LogP contribution is -2.60. The average molecular weight is 801 g/mol. The molecule has 6 rings (SSSR count). The van der Waals surface area contributed by atoms with Gasteiger partial charge in [-0.15, -0.1) is 4.91 Å². The first-order chi connectivity index (χ1) is 26.4. The lowest BCUT2D eigenvalue weighted by molar-refractivity contribution is -0.190. The maximum atomic E-state index is 14.9. The Morgan fingerprint density at radius 3 is 2.50 bits per heavy atom. The molecular formula is C39H56N6O10S. The fourth-order valence-electron chi connectivity index (χ4n) is 8.20. The minimum Gasteiger partial charge on any atom is -0.494 e. The van der Waals surface area contributed by atoms with Crippen molar-refractivity contribution in [2.45, 2.75) is 126 Å². The van der Waals surface area contributed by atoms with Crippen LogP contribution in [-0.2, 0) is 24.3 Å². The first kappa shape index (κ1) is 41.9. The van der Waals surface area contributed by atoms with E-state index in [0.29, 0.717) is 30.4 Å². The van der Waals surface area contributed by atoms with Crippen molar-refractivity contribution in [3.05, 3.63) is 47.5 Å². The van der Waals surface area contributed by atoms with Gasteiger partial charge in [0.1, 0.15) is 28.2 Å². The van der Waals surface area contributed by atoms with E-state index < -0.39 is 74.5 Å². The number of nitrogens with zero attached hydrogens (tertiary/aromatic N) is 3. The second kappa shape index (κ2) is 15.9. The average Bonchev–Trinajstić information content (AvgIpc) is 4.03. The van der Waals surface area contributed by atoms with E-state index in [0.717, 1.165) is 5.39 Å². The topological polar surface area (TPSA) is 218 Å².